The van der Waals surface area contributed by atoms with Crippen LogP contribution in [-0.2, 0) is 9.53 Å². The molecule has 1 N–H and O–H groups in total. The van der Waals surface area contributed by atoms with E-state index in [1.807, 2.05) is 7.11 Å². The van der Waals surface area contributed by atoms with Crippen molar-refractivity contribution >= 4 is 5.78 Å². The minimum atomic E-state index is -0.171. The van der Waals surface area contributed by atoms with Crippen LogP contribution < -0.4 is 0 Å². The smallest absolute Gasteiger partial charge is 0.133 e. The number of ether oxygens (including phenoxy) is 1. The fourth-order valence-corrected chi connectivity index (χ4v) is 7.63. The number of methoxy groups -OCH3 is 1. The summed E-state index contributed by atoms with van der Waals surface area (Å²) in [5.74, 6) is 2.72. The fraction of sp³-hybridized carbons (Fsp3) is 0.864. The van der Waals surface area contributed by atoms with Crippen molar-refractivity contribution in [3.05, 3.63) is 11.6 Å². The first-order valence-corrected chi connectivity index (χ1v) is 10.3. The third-order valence-electron chi connectivity index (χ3n) is 8.69. The summed E-state index contributed by atoms with van der Waals surface area (Å²) in [5, 5.41) is 10.2. The predicted octanol–water partition coefficient (Wildman–Crippen LogP) is 4.14. The number of hydrogen-bond donors (Lipinski definition) is 1. The number of hydrogen-bond acceptors (Lipinski definition) is 3. The molecule has 0 saturated heterocycles. The number of allylic oxidation sites excluding steroid dienone is 1. The van der Waals surface area contributed by atoms with E-state index in [4.69, 9.17) is 4.74 Å². The van der Waals surface area contributed by atoms with Crippen LogP contribution in [0.15, 0.2) is 11.6 Å². The van der Waals surface area contributed by atoms with E-state index >= 15 is 0 Å². The van der Waals surface area contributed by atoms with Gasteiger partial charge in [0, 0.05) is 18.4 Å². The van der Waals surface area contributed by atoms with Crippen molar-refractivity contribution in [2.24, 2.45) is 34.5 Å². The maximum absolute atomic E-state index is 12.2. The second-order valence-corrected chi connectivity index (χ2v) is 9.61. The molecule has 140 valence electrons. The minimum Gasteiger partial charge on any atom is -0.393 e. The molecule has 0 unspecified atom stereocenters. The van der Waals surface area contributed by atoms with Gasteiger partial charge < -0.3 is 9.84 Å². The van der Waals surface area contributed by atoms with Crippen molar-refractivity contribution in [2.45, 2.75) is 71.3 Å². The number of aliphatic hydroxyl groups excluding tert-OH is 1. The lowest BCUT2D eigenvalue weighted by Gasteiger charge is -2.58. The van der Waals surface area contributed by atoms with Crippen LogP contribution >= 0.6 is 0 Å². The second-order valence-electron chi connectivity index (χ2n) is 9.61. The number of aliphatic hydroxyl groups is 1. The van der Waals surface area contributed by atoms with Crippen LogP contribution in [-0.4, -0.2) is 30.7 Å². The van der Waals surface area contributed by atoms with Gasteiger partial charge >= 0.3 is 0 Å². The Bertz CT molecular complexity index is 582. The monoisotopic (exact) mass is 346 g/mol. The van der Waals surface area contributed by atoms with Gasteiger partial charge in [0.05, 0.1) is 12.7 Å². The molecule has 0 aromatic heterocycles. The molecular weight excluding hydrogens is 312 g/mol. The highest BCUT2D eigenvalue weighted by atomic mass is 16.5. The molecule has 3 heteroatoms. The Kier molecular flexibility index (Phi) is 4.39. The average molecular weight is 347 g/mol. The normalized spacial score (nSPS) is 49.0. The van der Waals surface area contributed by atoms with Crippen molar-refractivity contribution < 1.29 is 14.6 Å². The summed E-state index contributed by atoms with van der Waals surface area (Å²) >= 11 is 0. The molecule has 4 aliphatic carbocycles. The summed E-state index contributed by atoms with van der Waals surface area (Å²) in [7, 11) is 1.83. The average Bonchev–Trinajstić information content (AvgIpc) is 2.93. The van der Waals surface area contributed by atoms with Crippen molar-refractivity contribution in [2.75, 3.05) is 13.7 Å². The summed E-state index contributed by atoms with van der Waals surface area (Å²) in [4.78, 5) is 12.2. The van der Waals surface area contributed by atoms with Crippen LogP contribution in [0, 0.1) is 34.5 Å². The van der Waals surface area contributed by atoms with E-state index < -0.39 is 0 Å². The molecule has 7 atom stereocenters. The van der Waals surface area contributed by atoms with Gasteiger partial charge in [0.15, 0.2) is 0 Å². The van der Waals surface area contributed by atoms with Crippen LogP contribution in [0.3, 0.4) is 0 Å². The number of fused-ring (bicyclic) bond motifs is 5. The second kappa shape index (κ2) is 6.20. The molecule has 4 rings (SSSR count). The zero-order valence-electron chi connectivity index (χ0n) is 16.1. The first-order valence-electron chi connectivity index (χ1n) is 10.3. The molecule has 0 aromatic rings. The molecular formula is C22H34O3. The van der Waals surface area contributed by atoms with E-state index in [9.17, 15) is 9.90 Å². The van der Waals surface area contributed by atoms with Crippen molar-refractivity contribution in [3.8, 4) is 0 Å². The molecule has 0 heterocycles. The first-order chi connectivity index (χ1) is 11.9. The van der Waals surface area contributed by atoms with E-state index in [1.165, 1.54) is 24.8 Å². The standard InChI is InChI=1S/C22H34O3/c1-14(23)18-6-7-19-17-5-4-15-12-16(24)8-11-22(15,13-25-3)20(17)9-10-21(18,19)2/h4,16-20,24H,5-13H2,1-3H3/t16-,17-,18+,19-,20-,21+,22+/m0/s1. The Morgan fingerprint density at radius 2 is 2.04 bits per heavy atom. The van der Waals surface area contributed by atoms with Crippen LogP contribution in [0.5, 0.6) is 0 Å². The van der Waals surface area contributed by atoms with Gasteiger partial charge in [-0.25, -0.2) is 0 Å². The topological polar surface area (TPSA) is 46.5 Å². The molecule has 0 aromatic carbocycles. The van der Waals surface area contributed by atoms with Gasteiger partial charge in [-0.05, 0) is 81.5 Å². The van der Waals surface area contributed by atoms with Crippen LogP contribution in [0.1, 0.15) is 65.2 Å². The van der Waals surface area contributed by atoms with Crippen molar-refractivity contribution in [3.63, 3.8) is 0 Å². The highest BCUT2D eigenvalue weighted by Gasteiger charge is 2.60. The zero-order chi connectivity index (χ0) is 17.8. The number of carbonyl (C=O) groups is 1. The van der Waals surface area contributed by atoms with E-state index in [0.717, 1.165) is 38.7 Å². The van der Waals surface area contributed by atoms with E-state index in [1.54, 1.807) is 6.92 Å². The van der Waals surface area contributed by atoms with Gasteiger partial charge in [0.1, 0.15) is 5.78 Å². The highest BCUT2D eigenvalue weighted by molar-refractivity contribution is 5.79. The molecule has 0 bridgehead atoms. The Hall–Kier alpha value is -0.670. The van der Waals surface area contributed by atoms with Gasteiger partial charge in [0.25, 0.3) is 0 Å². The quantitative estimate of drug-likeness (QED) is 0.781. The summed E-state index contributed by atoms with van der Waals surface area (Å²) < 4.78 is 5.75. The number of carbonyl (C=O) groups excluding carboxylic acids is 1. The van der Waals surface area contributed by atoms with Crippen LogP contribution in [0.2, 0.25) is 0 Å². The Morgan fingerprint density at radius 1 is 1.24 bits per heavy atom. The maximum Gasteiger partial charge on any atom is 0.133 e. The number of ketones is 1. The van der Waals surface area contributed by atoms with Crippen LogP contribution in [0.4, 0.5) is 0 Å². The van der Waals surface area contributed by atoms with E-state index in [0.29, 0.717) is 23.5 Å². The molecule has 4 aliphatic rings. The highest BCUT2D eigenvalue weighted by Crippen LogP contribution is 2.66. The fourth-order valence-electron chi connectivity index (χ4n) is 7.63. The third kappa shape index (κ3) is 2.49. The third-order valence-corrected chi connectivity index (χ3v) is 8.69. The van der Waals surface area contributed by atoms with Gasteiger partial charge in [-0.15, -0.1) is 0 Å². The van der Waals surface area contributed by atoms with Crippen LogP contribution in [0.25, 0.3) is 0 Å². The molecule has 3 saturated carbocycles. The summed E-state index contributed by atoms with van der Waals surface area (Å²) in [6, 6.07) is 0. The molecule has 0 amide bonds. The van der Waals surface area contributed by atoms with Gasteiger partial charge in [-0.3, -0.25) is 4.79 Å². The Balaban J connectivity index is 1.69. The van der Waals surface area contributed by atoms with Gasteiger partial charge in [0.2, 0.25) is 0 Å². The van der Waals surface area contributed by atoms with Gasteiger partial charge in [-0.2, -0.15) is 0 Å². The molecule has 3 fully saturated rings. The summed E-state index contributed by atoms with van der Waals surface area (Å²) in [6.07, 6.45) is 10.9. The lowest BCUT2D eigenvalue weighted by atomic mass is 9.47. The van der Waals surface area contributed by atoms with Crippen molar-refractivity contribution in [1.29, 1.82) is 0 Å². The Morgan fingerprint density at radius 3 is 2.76 bits per heavy atom. The molecule has 3 nitrogen and oxygen atoms in total. The number of Topliss-reactive ketones (excluding diaryl/α,β-unsaturated/α-hetero) is 1. The lowest BCUT2D eigenvalue weighted by molar-refractivity contribution is -0.128. The van der Waals surface area contributed by atoms with E-state index in [-0.39, 0.29) is 22.9 Å². The molecule has 0 aliphatic heterocycles. The molecule has 0 radical (unpaired) electrons. The van der Waals surface area contributed by atoms with Crippen molar-refractivity contribution in [1.82, 2.24) is 0 Å². The minimum absolute atomic E-state index is 0.145. The maximum atomic E-state index is 12.2. The largest absolute Gasteiger partial charge is 0.393 e. The van der Waals surface area contributed by atoms with Gasteiger partial charge in [-0.1, -0.05) is 18.6 Å². The SMILES string of the molecule is COC[C@]12CC[C@H](O)CC1=CC[C@@H]1[C@@H]2CC[C@]2(C)[C@@H](C(C)=O)CC[C@@H]12. The lowest BCUT2D eigenvalue weighted by Crippen LogP contribution is -2.53. The summed E-state index contributed by atoms with van der Waals surface area (Å²) in [5.41, 5.74) is 1.83. The Labute approximate surface area is 152 Å². The molecule has 25 heavy (non-hydrogen) atoms. The van der Waals surface area contributed by atoms with E-state index in [2.05, 4.69) is 13.0 Å². The first kappa shape index (κ1) is 17.7. The number of rotatable bonds is 3. The predicted molar refractivity (Wildman–Crippen MR) is 98.1 cm³/mol. The zero-order valence-corrected chi connectivity index (χ0v) is 16.1. The molecule has 0 spiro atoms. The summed E-state index contributed by atoms with van der Waals surface area (Å²) in [6.45, 7) is 5.00.